The minimum Gasteiger partial charge on any atom is -0.465 e. The number of fused-ring (bicyclic) bond motifs is 2. The van der Waals surface area contributed by atoms with Gasteiger partial charge in [0.2, 0.25) is 0 Å². The van der Waals surface area contributed by atoms with E-state index in [0.717, 1.165) is 13.0 Å². The van der Waals surface area contributed by atoms with Crippen molar-refractivity contribution in [1.29, 1.82) is 0 Å². The second kappa shape index (κ2) is 3.16. The molecule has 74 valence electrons. The van der Waals surface area contributed by atoms with Gasteiger partial charge in [0.05, 0.1) is 18.2 Å². The van der Waals surface area contributed by atoms with Gasteiger partial charge in [0, 0.05) is 20.2 Å². The van der Waals surface area contributed by atoms with E-state index in [0.29, 0.717) is 6.54 Å². The van der Waals surface area contributed by atoms with E-state index < -0.39 is 6.09 Å². The Morgan fingerprint density at radius 1 is 1.62 bits per heavy atom. The first-order valence-electron chi connectivity index (χ1n) is 4.49. The van der Waals surface area contributed by atoms with Crippen LogP contribution in [0.15, 0.2) is 0 Å². The number of piperazine rings is 1. The molecule has 0 radical (unpaired) electrons. The molecule has 0 aromatic rings. The van der Waals surface area contributed by atoms with Gasteiger partial charge in [-0.25, -0.2) is 4.79 Å². The summed E-state index contributed by atoms with van der Waals surface area (Å²) in [6.07, 6.45) is 0.0626. The smallest absolute Gasteiger partial charge is 0.407 e. The molecule has 3 atom stereocenters. The molecule has 2 saturated heterocycles. The molecule has 2 aliphatic heterocycles. The van der Waals surface area contributed by atoms with Gasteiger partial charge in [-0.15, -0.1) is 0 Å². The molecule has 2 rings (SSSR count). The third-order valence-electron chi connectivity index (χ3n) is 2.94. The molecule has 0 spiro atoms. The summed E-state index contributed by atoms with van der Waals surface area (Å²) in [6.45, 7) is 1.46. The Bertz CT molecular complexity index is 221. The van der Waals surface area contributed by atoms with Crippen LogP contribution < -0.4 is 5.32 Å². The maximum atomic E-state index is 10.9. The normalized spacial score (nSPS) is 37.9. The number of hydrogen-bond acceptors (Lipinski definition) is 3. The zero-order valence-corrected chi connectivity index (χ0v) is 7.56. The number of ether oxygens (including phenoxy) is 1. The van der Waals surface area contributed by atoms with Gasteiger partial charge in [-0.2, -0.15) is 0 Å². The zero-order valence-electron chi connectivity index (χ0n) is 7.56. The number of carbonyl (C=O) groups is 1. The Kier molecular flexibility index (Phi) is 2.13. The molecule has 0 aromatic carbocycles. The Labute approximate surface area is 76.7 Å². The van der Waals surface area contributed by atoms with Crippen molar-refractivity contribution < 1.29 is 14.6 Å². The van der Waals surface area contributed by atoms with Gasteiger partial charge in [0.15, 0.2) is 0 Å². The maximum Gasteiger partial charge on any atom is 0.407 e. The SMILES string of the molecule is CO[C@H]1C[C@@H]2CNC[C@H]1N2C(=O)O. The van der Waals surface area contributed by atoms with E-state index in [2.05, 4.69) is 5.32 Å². The van der Waals surface area contributed by atoms with Crippen LogP contribution in [-0.4, -0.2) is 54.5 Å². The average Bonchev–Trinajstić information content (AvgIpc) is 2.33. The zero-order chi connectivity index (χ0) is 9.42. The lowest BCUT2D eigenvalue weighted by Gasteiger charge is -2.33. The molecule has 0 aromatic heterocycles. The molecule has 2 N–H and O–H groups in total. The van der Waals surface area contributed by atoms with Crippen LogP contribution >= 0.6 is 0 Å². The van der Waals surface area contributed by atoms with Crippen molar-refractivity contribution >= 4 is 6.09 Å². The fourth-order valence-corrected chi connectivity index (χ4v) is 2.35. The highest BCUT2D eigenvalue weighted by Crippen LogP contribution is 2.28. The van der Waals surface area contributed by atoms with Crippen molar-refractivity contribution in [3.05, 3.63) is 0 Å². The first-order chi connectivity index (χ1) is 6.24. The highest BCUT2D eigenvalue weighted by molar-refractivity contribution is 5.67. The number of nitrogens with one attached hydrogen (secondary N) is 1. The monoisotopic (exact) mass is 186 g/mol. The second-order valence-corrected chi connectivity index (χ2v) is 3.58. The summed E-state index contributed by atoms with van der Waals surface area (Å²) in [7, 11) is 1.64. The third-order valence-corrected chi connectivity index (χ3v) is 2.94. The molecule has 5 heteroatoms. The minimum absolute atomic E-state index is 0.00116. The number of amides is 1. The summed E-state index contributed by atoms with van der Waals surface area (Å²) in [4.78, 5) is 12.5. The Balaban J connectivity index is 2.17. The van der Waals surface area contributed by atoms with E-state index >= 15 is 0 Å². The van der Waals surface area contributed by atoms with E-state index in [1.54, 1.807) is 7.11 Å². The highest BCUT2D eigenvalue weighted by Gasteiger charge is 2.46. The molecule has 5 nitrogen and oxygen atoms in total. The molecular weight excluding hydrogens is 172 g/mol. The Morgan fingerprint density at radius 2 is 2.38 bits per heavy atom. The molecule has 2 heterocycles. The molecule has 2 fully saturated rings. The largest absolute Gasteiger partial charge is 0.465 e. The number of methoxy groups -OCH3 is 1. The van der Waals surface area contributed by atoms with Crippen LogP contribution in [0.2, 0.25) is 0 Å². The summed E-state index contributed by atoms with van der Waals surface area (Å²) < 4.78 is 5.26. The predicted octanol–water partition coefficient (Wildman–Crippen LogP) is -0.274. The van der Waals surface area contributed by atoms with Crippen molar-refractivity contribution in [3.63, 3.8) is 0 Å². The topological polar surface area (TPSA) is 61.8 Å². The van der Waals surface area contributed by atoms with Crippen molar-refractivity contribution in [1.82, 2.24) is 10.2 Å². The van der Waals surface area contributed by atoms with Gasteiger partial charge in [-0.1, -0.05) is 0 Å². The minimum atomic E-state index is -0.823. The summed E-state index contributed by atoms with van der Waals surface area (Å²) in [5.74, 6) is 0. The fraction of sp³-hybridized carbons (Fsp3) is 0.875. The van der Waals surface area contributed by atoms with E-state index in [1.165, 1.54) is 4.90 Å². The van der Waals surface area contributed by atoms with Crippen LogP contribution in [-0.2, 0) is 4.74 Å². The lowest BCUT2D eigenvalue weighted by atomic mass is 10.2. The average molecular weight is 186 g/mol. The van der Waals surface area contributed by atoms with Crippen LogP contribution in [0.5, 0.6) is 0 Å². The first kappa shape index (κ1) is 8.77. The van der Waals surface area contributed by atoms with Gasteiger partial charge in [0.1, 0.15) is 0 Å². The van der Waals surface area contributed by atoms with Crippen LogP contribution in [0, 0.1) is 0 Å². The molecular formula is C8H14N2O3. The summed E-state index contributed by atoms with van der Waals surface area (Å²) in [6, 6.07) is 0.0995. The third kappa shape index (κ3) is 1.28. The highest BCUT2D eigenvalue weighted by atomic mass is 16.5. The van der Waals surface area contributed by atoms with E-state index in [1.807, 2.05) is 0 Å². The van der Waals surface area contributed by atoms with Crippen LogP contribution in [0.3, 0.4) is 0 Å². The second-order valence-electron chi connectivity index (χ2n) is 3.58. The van der Waals surface area contributed by atoms with Gasteiger partial charge in [-0.3, -0.25) is 4.90 Å². The van der Waals surface area contributed by atoms with Crippen molar-refractivity contribution in [2.75, 3.05) is 20.2 Å². The molecule has 0 saturated carbocycles. The molecule has 2 bridgehead atoms. The fourth-order valence-electron chi connectivity index (χ4n) is 2.35. The maximum absolute atomic E-state index is 10.9. The molecule has 1 amide bonds. The number of carboxylic acid groups (broad SMARTS) is 1. The summed E-state index contributed by atoms with van der Waals surface area (Å²) in [5, 5.41) is 12.2. The number of nitrogens with zero attached hydrogens (tertiary/aromatic N) is 1. The first-order valence-corrected chi connectivity index (χ1v) is 4.49. The molecule has 0 unspecified atom stereocenters. The van der Waals surface area contributed by atoms with Crippen LogP contribution in [0.4, 0.5) is 4.79 Å². The molecule has 0 aliphatic carbocycles. The summed E-state index contributed by atoms with van der Waals surface area (Å²) in [5.41, 5.74) is 0. The lowest BCUT2D eigenvalue weighted by Crippen LogP contribution is -2.55. The van der Waals surface area contributed by atoms with E-state index in [4.69, 9.17) is 9.84 Å². The van der Waals surface area contributed by atoms with Crippen molar-refractivity contribution in [2.45, 2.75) is 24.6 Å². The van der Waals surface area contributed by atoms with Gasteiger partial charge >= 0.3 is 6.09 Å². The molecule has 13 heavy (non-hydrogen) atoms. The number of hydrogen-bond donors (Lipinski definition) is 2. The van der Waals surface area contributed by atoms with Gasteiger partial charge in [-0.05, 0) is 6.42 Å². The van der Waals surface area contributed by atoms with Gasteiger partial charge < -0.3 is 15.2 Å². The summed E-state index contributed by atoms with van der Waals surface area (Å²) >= 11 is 0. The van der Waals surface area contributed by atoms with E-state index in [9.17, 15) is 4.79 Å². The van der Waals surface area contributed by atoms with Crippen molar-refractivity contribution in [3.8, 4) is 0 Å². The quantitative estimate of drug-likeness (QED) is 0.591. The van der Waals surface area contributed by atoms with Gasteiger partial charge in [0.25, 0.3) is 0 Å². The standard InChI is InChI=1S/C8H14N2O3/c1-13-7-2-5-3-9-4-6(7)10(5)8(11)12/h5-7,9H,2-4H2,1H3,(H,11,12)/t5-,6-,7+/m1/s1. The predicted molar refractivity (Wildman–Crippen MR) is 45.7 cm³/mol. The van der Waals surface area contributed by atoms with Crippen molar-refractivity contribution in [2.24, 2.45) is 0 Å². The molecule has 2 aliphatic rings. The number of rotatable bonds is 1. The lowest BCUT2D eigenvalue weighted by molar-refractivity contribution is 0.0554. The van der Waals surface area contributed by atoms with E-state index in [-0.39, 0.29) is 18.2 Å². The Hall–Kier alpha value is -0.810. The van der Waals surface area contributed by atoms with Crippen LogP contribution in [0.1, 0.15) is 6.42 Å². The Morgan fingerprint density at radius 3 is 2.92 bits per heavy atom. The van der Waals surface area contributed by atoms with Crippen LogP contribution in [0.25, 0.3) is 0 Å².